The van der Waals surface area contributed by atoms with Crippen LogP contribution in [0.5, 0.6) is 0 Å². The topological polar surface area (TPSA) is 115 Å². The van der Waals surface area contributed by atoms with E-state index in [4.69, 9.17) is 11.5 Å². The lowest BCUT2D eigenvalue weighted by Crippen LogP contribution is -2.49. The number of benzene rings is 1. The number of carbonyl (C=O) groups excluding carboxylic acids is 1. The minimum absolute atomic E-state index is 0.110. The summed E-state index contributed by atoms with van der Waals surface area (Å²) in [6.45, 7) is 3.36. The summed E-state index contributed by atoms with van der Waals surface area (Å²) >= 11 is 0. The maximum absolute atomic E-state index is 11.7. The van der Waals surface area contributed by atoms with E-state index in [0.29, 0.717) is 18.2 Å². The summed E-state index contributed by atoms with van der Waals surface area (Å²) in [4.78, 5) is 24.0. The number of anilines is 1. The van der Waals surface area contributed by atoms with Gasteiger partial charge in [0, 0.05) is 31.3 Å². The summed E-state index contributed by atoms with van der Waals surface area (Å²) in [6, 6.07) is 4.34. The van der Waals surface area contributed by atoms with Crippen LogP contribution in [0.15, 0.2) is 18.2 Å². The average molecular weight is 292 g/mol. The molecule has 1 amide bonds. The molecule has 0 radical (unpaired) electrons. The average Bonchev–Trinajstić information content (AvgIpc) is 2.46. The summed E-state index contributed by atoms with van der Waals surface area (Å²) in [6.07, 6.45) is 2.07. The van der Waals surface area contributed by atoms with Crippen molar-refractivity contribution in [2.75, 3.05) is 18.0 Å². The molecule has 1 aromatic carbocycles. The Hall–Kier alpha value is -2.15. The molecule has 7 heteroatoms. The Morgan fingerprint density at radius 1 is 1.52 bits per heavy atom. The van der Waals surface area contributed by atoms with E-state index in [-0.39, 0.29) is 17.3 Å². The monoisotopic (exact) mass is 292 g/mol. The van der Waals surface area contributed by atoms with Crippen LogP contribution in [0.25, 0.3) is 0 Å². The third kappa shape index (κ3) is 2.97. The summed E-state index contributed by atoms with van der Waals surface area (Å²) in [5.41, 5.74) is 11.9. The number of primary amides is 1. The maximum Gasteiger partial charge on any atom is 0.270 e. The van der Waals surface area contributed by atoms with E-state index in [1.165, 1.54) is 12.1 Å². The van der Waals surface area contributed by atoms with E-state index in [2.05, 4.69) is 11.8 Å². The van der Waals surface area contributed by atoms with Gasteiger partial charge in [-0.1, -0.05) is 6.92 Å². The van der Waals surface area contributed by atoms with Crippen LogP contribution in [0.4, 0.5) is 11.4 Å². The highest BCUT2D eigenvalue weighted by molar-refractivity contribution is 5.99. The Balaban J connectivity index is 2.46. The number of hydrogen-bond acceptors (Lipinski definition) is 5. The molecule has 2 atom stereocenters. The summed E-state index contributed by atoms with van der Waals surface area (Å²) in [5, 5.41) is 10.9. The molecule has 0 aliphatic carbocycles. The fourth-order valence-corrected chi connectivity index (χ4v) is 2.99. The molecule has 4 N–H and O–H groups in total. The Morgan fingerprint density at radius 2 is 2.24 bits per heavy atom. The molecular formula is C14H20N4O3. The van der Waals surface area contributed by atoms with Crippen molar-refractivity contribution in [3.63, 3.8) is 0 Å². The van der Waals surface area contributed by atoms with Gasteiger partial charge in [0.15, 0.2) is 0 Å². The lowest BCUT2D eigenvalue weighted by Gasteiger charge is -2.41. The van der Waals surface area contributed by atoms with Gasteiger partial charge in [-0.2, -0.15) is 0 Å². The quantitative estimate of drug-likeness (QED) is 0.640. The maximum atomic E-state index is 11.7. The number of piperidine rings is 1. The molecule has 1 heterocycles. The number of nitrogens with zero attached hydrogens (tertiary/aromatic N) is 2. The predicted molar refractivity (Wildman–Crippen MR) is 80.2 cm³/mol. The minimum atomic E-state index is -0.664. The third-order valence-corrected chi connectivity index (χ3v) is 4.12. The predicted octanol–water partition coefficient (Wildman–Crippen LogP) is 1.26. The lowest BCUT2D eigenvalue weighted by molar-refractivity contribution is -0.384. The van der Waals surface area contributed by atoms with Gasteiger partial charge >= 0.3 is 0 Å². The highest BCUT2D eigenvalue weighted by Gasteiger charge is 2.30. The number of non-ortho nitro benzene ring substituents is 1. The SMILES string of the molecule is CC1CCCN(c2ccc([N+](=O)[O-])cc2C(N)=O)C1CN. The normalized spacial score (nSPS) is 22.1. The van der Waals surface area contributed by atoms with Crippen LogP contribution < -0.4 is 16.4 Å². The van der Waals surface area contributed by atoms with Crippen LogP contribution >= 0.6 is 0 Å². The van der Waals surface area contributed by atoms with Crippen LogP contribution in [0, 0.1) is 16.0 Å². The second kappa shape index (κ2) is 6.09. The van der Waals surface area contributed by atoms with E-state index in [0.717, 1.165) is 19.4 Å². The van der Waals surface area contributed by atoms with Gasteiger partial charge in [0.2, 0.25) is 0 Å². The summed E-state index contributed by atoms with van der Waals surface area (Å²) in [5.74, 6) is -0.262. The molecule has 1 fully saturated rings. The van der Waals surface area contributed by atoms with Crippen molar-refractivity contribution in [2.24, 2.45) is 17.4 Å². The van der Waals surface area contributed by atoms with Gasteiger partial charge in [0.25, 0.3) is 11.6 Å². The number of amides is 1. The molecule has 0 saturated carbocycles. The zero-order valence-electron chi connectivity index (χ0n) is 12.0. The number of nitrogens with two attached hydrogens (primary N) is 2. The van der Waals surface area contributed by atoms with Crippen LogP contribution in [-0.2, 0) is 0 Å². The smallest absolute Gasteiger partial charge is 0.270 e. The van der Waals surface area contributed by atoms with Gasteiger partial charge in [0.1, 0.15) is 0 Å². The Kier molecular flexibility index (Phi) is 4.42. The fraction of sp³-hybridized carbons (Fsp3) is 0.500. The largest absolute Gasteiger partial charge is 0.366 e. The highest BCUT2D eigenvalue weighted by atomic mass is 16.6. The Labute approximate surface area is 123 Å². The molecule has 0 bridgehead atoms. The van der Waals surface area contributed by atoms with E-state index >= 15 is 0 Å². The van der Waals surface area contributed by atoms with Gasteiger partial charge in [0.05, 0.1) is 16.2 Å². The van der Waals surface area contributed by atoms with Crippen LogP contribution in [0.2, 0.25) is 0 Å². The van der Waals surface area contributed by atoms with Gasteiger partial charge in [-0.3, -0.25) is 14.9 Å². The number of nitro benzene ring substituents is 1. The van der Waals surface area contributed by atoms with Crippen molar-refractivity contribution in [1.29, 1.82) is 0 Å². The van der Waals surface area contributed by atoms with Crippen molar-refractivity contribution in [1.82, 2.24) is 0 Å². The molecule has 0 aromatic heterocycles. The molecule has 1 saturated heterocycles. The first-order chi connectivity index (χ1) is 9.95. The molecule has 1 aliphatic rings. The molecule has 0 spiro atoms. The van der Waals surface area contributed by atoms with E-state index in [9.17, 15) is 14.9 Å². The molecule has 21 heavy (non-hydrogen) atoms. The molecule has 7 nitrogen and oxygen atoms in total. The molecule has 114 valence electrons. The molecule has 1 aliphatic heterocycles. The van der Waals surface area contributed by atoms with Crippen molar-refractivity contribution in [3.05, 3.63) is 33.9 Å². The van der Waals surface area contributed by atoms with Gasteiger partial charge in [-0.15, -0.1) is 0 Å². The van der Waals surface area contributed by atoms with Gasteiger partial charge in [-0.05, 0) is 24.8 Å². The number of nitro groups is 1. The van der Waals surface area contributed by atoms with Crippen LogP contribution in [-0.4, -0.2) is 30.0 Å². The number of carbonyl (C=O) groups is 1. The van der Waals surface area contributed by atoms with Crippen LogP contribution in [0.1, 0.15) is 30.1 Å². The molecule has 2 rings (SSSR count). The third-order valence-electron chi connectivity index (χ3n) is 4.12. The molecular weight excluding hydrogens is 272 g/mol. The lowest BCUT2D eigenvalue weighted by atomic mass is 9.89. The zero-order chi connectivity index (χ0) is 15.6. The van der Waals surface area contributed by atoms with Crippen molar-refractivity contribution >= 4 is 17.3 Å². The summed E-state index contributed by atoms with van der Waals surface area (Å²) < 4.78 is 0. The minimum Gasteiger partial charge on any atom is -0.366 e. The Morgan fingerprint density at radius 3 is 2.81 bits per heavy atom. The standard InChI is InChI=1S/C14H20N4O3/c1-9-3-2-6-17(13(9)8-15)12-5-4-10(18(20)21)7-11(12)14(16)19/h4-5,7,9,13H,2-3,6,8,15H2,1H3,(H2,16,19). The van der Waals surface area contributed by atoms with Crippen molar-refractivity contribution < 1.29 is 9.72 Å². The fourth-order valence-electron chi connectivity index (χ4n) is 2.99. The first-order valence-corrected chi connectivity index (χ1v) is 7.00. The van der Waals surface area contributed by atoms with E-state index in [1.54, 1.807) is 6.07 Å². The van der Waals surface area contributed by atoms with E-state index in [1.807, 2.05) is 0 Å². The number of rotatable bonds is 4. The molecule has 1 aromatic rings. The van der Waals surface area contributed by atoms with Gasteiger partial charge < -0.3 is 16.4 Å². The first-order valence-electron chi connectivity index (χ1n) is 7.00. The van der Waals surface area contributed by atoms with Gasteiger partial charge in [-0.25, -0.2) is 0 Å². The highest BCUT2D eigenvalue weighted by Crippen LogP contribution is 2.32. The van der Waals surface area contributed by atoms with Crippen molar-refractivity contribution in [2.45, 2.75) is 25.8 Å². The Bertz CT molecular complexity index is 561. The van der Waals surface area contributed by atoms with Crippen LogP contribution in [0.3, 0.4) is 0 Å². The van der Waals surface area contributed by atoms with Crippen molar-refractivity contribution in [3.8, 4) is 0 Å². The second-order valence-electron chi connectivity index (χ2n) is 5.44. The second-order valence-corrected chi connectivity index (χ2v) is 5.44. The van der Waals surface area contributed by atoms with E-state index < -0.39 is 10.8 Å². The molecule has 2 unspecified atom stereocenters. The summed E-state index contributed by atoms with van der Waals surface area (Å²) in [7, 11) is 0. The first kappa shape index (κ1) is 15.2. The zero-order valence-corrected chi connectivity index (χ0v) is 12.0. The number of hydrogen-bond donors (Lipinski definition) is 2.